The Balaban J connectivity index is 2.43. The topological polar surface area (TPSA) is 30.2 Å². The first-order valence-electron chi connectivity index (χ1n) is 4.22. The number of ketones is 1. The van der Waals surface area contributed by atoms with E-state index in [1.165, 1.54) is 0 Å². The zero-order chi connectivity index (χ0) is 8.77. The fourth-order valence-corrected chi connectivity index (χ4v) is 1.73. The van der Waals surface area contributed by atoms with Crippen molar-refractivity contribution in [2.24, 2.45) is 0 Å². The summed E-state index contributed by atoms with van der Waals surface area (Å²) in [7, 11) is 0. The van der Waals surface area contributed by atoms with Gasteiger partial charge >= 0.3 is 0 Å². The molecule has 1 aliphatic rings. The minimum Gasteiger partial charge on any atom is -0.468 e. The van der Waals surface area contributed by atoms with Crippen LogP contribution in [0.5, 0.6) is 0 Å². The summed E-state index contributed by atoms with van der Waals surface area (Å²) in [4.78, 5) is 11.3. The van der Waals surface area contributed by atoms with E-state index in [0.717, 1.165) is 24.2 Å². The normalized spacial score (nSPS) is 19.2. The molecule has 0 bridgehead atoms. The largest absolute Gasteiger partial charge is 0.468 e. The molecule has 0 aromatic carbocycles. The van der Waals surface area contributed by atoms with Gasteiger partial charge in [-0.15, -0.1) is 0 Å². The van der Waals surface area contributed by atoms with Crippen molar-refractivity contribution in [3.05, 3.63) is 23.7 Å². The molecule has 0 unspecified atom stereocenters. The van der Waals surface area contributed by atoms with Gasteiger partial charge in [-0.25, -0.2) is 0 Å². The first-order valence-corrected chi connectivity index (χ1v) is 4.22. The molecule has 12 heavy (non-hydrogen) atoms. The van der Waals surface area contributed by atoms with Gasteiger partial charge in [0, 0.05) is 0 Å². The summed E-state index contributed by atoms with van der Waals surface area (Å²) in [5.74, 6) is 1.12. The summed E-state index contributed by atoms with van der Waals surface area (Å²) in [6.45, 7) is 3.64. The lowest BCUT2D eigenvalue weighted by molar-refractivity contribution is -0.119. The fraction of sp³-hybridized carbons (Fsp3) is 0.500. The van der Waals surface area contributed by atoms with Gasteiger partial charge in [-0.05, 0) is 38.3 Å². The van der Waals surface area contributed by atoms with E-state index in [4.69, 9.17) is 4.42 Å². The molecule has 1 aliphatic carbocycles. The summed E-state index contributed by atoms with van der Waals surface area (Å²) >= 11 is 0. The number of aryl methyl sites for hydroxylation is 1. The predicted molar refractivity (Wildman–Crippen MR) is 45.0 cm³/mol. The monoisotopic (exact) mass is 164 g/mol. The second-order valence-electron chi connectivity index (χ2n) is 3.57. The lowest BCUT2D eigenvalue weighted by Crippen LogP contribution is -2.16. The predicted octanol–water partition coefficient (Wildman–Crippen LogP) is 2.21. The number of rotatable bonds is 2. The number of Topliss-reactive ketones (excluding diaryl/α,β-unsaturated/α-hetero) is 1. The molecular formula is C10H12O2. The van der Waals surface area contributed by atoms with E-state index in [2.05, 4.69) is 0 Å². The first kappa shape index (κ1) is 7.59. The highest BCUT2D eigenvalue weighted by Gasteiger charge is 2.52. The van der Waals surface area contributed by atoms with Gasteiger partial charge in [-0.3, -0.25) is 4.79 Å². The molecule has 1 aromatic heterocycles. The van der Waals surface area contributed by atoms with Crippen molar-refractivity contribution < 1.29 is 9.21 Å². The molecule has 1 fully saturated rings. The molecular weight excluding hydrogens is 152 g/mol. The summed E-state index contributed by atoms with van der Waals surface area (Å²) < 4.78 is 5.33. The third-order valence-corrected chi connectivity index (χ3v) is 2.72. The Hall–Kier alpha value is -1.05. The van der Waals surface area contributed by atoms with Crippen LogP contribution in [0.3, 0.4) is 0 Å². The van der Waals surface area contributed by atoms with Gasteiger partial charge in [0.2, 0.25) is 0 Å². The standard InChI is InChI=1S/C10H12O2/c1-7-3-6-12-9(7)10(4-5-10)8(2)11/h3,6H,4-5H2,1-2H3. The van der Waals surface area contributed by atoms with Crippen molar-refractivity contribution in [2.75, 3.05) is 0 Å². The molecule has 64 valence electrons. The molecule has 0 saturated heterocycles. The van der Waals surface area contributed by atoms with Crippen molar-refractivity contribution in [3.8, 4) is 0 Å². The number of carbonyl (C=O) groups is 1. The average Bonchev–Trinajstić information content (AvgIpc) is 2.71. The van der Waals surface area contributed by atoms with E-state index >= 15 is 0 Å². The van der Waals surface area contributed by atoms with Crippen molar-refractivity contribution in [1.29, 1.82) is 0 Å². The van der Waals surface area contributed by atoms with Crippen LogP contribution in [0.2, 0.25) is 0 Å². The number of hydrogen-bond acceptors (Lipinski definition) is 2. The number of furan rings is 1. The molecule has 0 spiro atoms. The van der Waals surface area contributed by atoms with Gasteiger partial charge < -0.3 is 4.42 Å². The molecule has 2 rings (SSSR count). The van der Waals surface area contributed by atoms with Crippen LogP contribution in [-0.2, 0) is 10.2 Å². The Labute approximate surface area is 71.6 Å². The summed E-state index contributed by atoms with van der Waals surface area (Å²) in [6, 6.07) is 1.92. The maximum absolute atomic E-state index is 11.3. The van der Waals surface area contributed by atoms with Crippen LogP contribution in [0.1, 0.15) is 31.1 Å². The molecule has 1 saturated carbocycles. The van der Waals surface area contributed by atoms with Gasteiger partial charge in [0.15, 0.2) is 0 Å². The lowest BCUT2D eigenvalue weighted by Gasteiger charge is -2.08. The van der Waals surface area contributed by atoms with Gasteiger partial charge in [0.1, 0.15) is 11.5 Å². The van der Waals surface area contributed by atoms with Crippen molar-refractivity contribution in [2.45, 2.75) is 32.1 Å². The van der Waals surface area contributed by atoms with Crippen LogP contribution in [-0.4, -0.2) is 5.78 Å². The summed E-state index contributed by atoms with van der Waals surface area (Å²) in [5.41, 5.74) is 0.857. The van der Waals surface area contributed by atoms with Crippen LogP contribution >= 0.6 is 0 Å². The molecule has 0 atom stereocenters. The summed E-state index contributed by atoms with van der Waals surface area (Å²) in [5, 5.41) is 0. The van der Waals surface area contributed by atoms with Crippen LogP contribution < -0.4 is 0 Å². The fourth-order valence-electron chi connectivity index (χ4n) is 1.73. The Morgan fingerprint density at radius 3 is 2.58 bits per heavy atom. The molecule has 1 aromatic rings. The molecule has 1 heterocycles. The van der Waals surface area contributed by atoms with E-state index in [1.807, 2.05) is 13.0 Å². The maximum atomic E-state index is 11.3. The lowest BCUT2D eigenvalue weighted by atomic mass is 9.96. The van der Waals surface area contributed by atoms with Crippen molar-refractivity contribution in [3.63, 3.8) is 0 Å². The van der Waals surface area contributed by atoms with E-state index in [-0.39, 0.29) is 11.2 Å². The zero-order valence-corrected chi connectivity index (χ0v) is 7.39. The number of carbonyl (C=O) groups excluding carboxylic acids is 1. The minimum absolute atomic E-state index is 0.237. The Morgan fingerprint density at radius 1 is 1.58 bits per heavy atom. The Kier molecular flexibility index (Phi) is 1.40. The van der Waals surface area contributed by atoms with Crippen LogP contribution in [0.15, 0.2) is 16.7 Å². The van der Waals surface area contributed by atoms with Gasteiger partial charge in [-0.1, -0.05) is 0 Å². The molecule has 2 nitrogen and oxygen atoms in total. The van der Waals surface area contributed by atoms with Crippen molar-refractivity contribution in [1.82, 2.24) is 0 Å². The molecule has 0 amide bonds. The molecule has 2 heteroatoms. The second-order valence-corrected chi connectivity index (χ2v) is 3.57. The van der Waals surface area contributed by atoms with E-state index < -0.39 is 0 Å². The van der Waals surface area contributed by atoms with Crippen LogP contribution in [0.25, 0.3) is 0 Å². The third kappa shape index (κ3) is 0.840. The maximum Gasteiger partial charge on any atom is 0.143 e. The smallest absolute Gasteiger partial charge is 0.143 e. The van der Waals surface area contributed by atoms with E-state index in [0.29, 0.717) is 0 Å². The van der Waals surface area contributed by atoms with E-state index in [1.54, 1.807) is 13.2 Å². The highest BCUT2D eigenvalue weighted by Crippen LogP contribution is 2.50. The van der Waals surface area contributed by atoms with Gasteiger partial charge in [-0.2, -0.15) is 0 Å². The highest BCUT2D eigenvalue weighted by molar-refractivity contribution is 5.90. The zero-order valence-electron chi connectivity index (χ0n) is 7.39. The Bertz CT molecular complexity index is 318. The molecule has 0 N–H and O–H groups in total. The van der Waals surface area contributed by atoms with E-state index in [9.17, 15) is 4.79 Å². The first-order chi connectivity index (χ1) is 5.67. The quantitative estimate of drug-likeness (QED) is 0.670. The van der Waals surface area contributed by atoms with Crippen molar-refractivity contribution >= 4 is 5.78 Å². The highest BCUT2D eigenvalue weighted by atomic mass is 16.3. The van der Waals surface area contributed by atoms with Gasteiger partial charge in [0.05, 0.1) is 11.7 Å². The Morgan fingerprint density at radius 2 is 2.25 bits per heavy atom. The van der Waals surface area contributed by atoms with Crippen LogP contribution in [0.4, 0.5) is 0 Å². The molecule has 0 aliphatic heterocycles. The second kappa shape index (κ2) is 2.22. The minimum atomic E-state index is -0.242. The summed E-state index contributed by atoms with van der Waals surface area (Å²) in [6.07, 6.45) is 3.57. The SMILES string of the molecule is CC(=O)C1(c2occc2C)CC1. The average molecular weight is 164 g/mol. The number of hydrogen-bond donors (Lipinski definition) is 0. The van der Waals surface area contributed by atoms with Crippen LogP contribution in [0, 0.1) is 6.92 Å². The third-order valence-electron chi connectivity index (χ3n) is 2.72. The van der Waals surface area contributed by atoms with Gasteiger partial charge in [0.25, 0.3) is 0 Å². The molecule has 0 radical (unpaired) electrons.